The molecule has 0 aliphatic carbocycles. The molecule has 5 heteroatoms. The van der Waals surface area contributed by atoms with Gasteiger partial charge in [-0.15, -0.1) is 0 Å². The van der Waals surface area contributed by atoms with Crippen molar-refractivity contribution in [3.63, 3.8) is 0 Å². The fourth-order valence-corrected chi connectivity index (χ4v) is 1.18. The Morgan fingerprint density at radius 2 is 1.93 bits per heavy atom. The van der Waals surface area contributed by atoms with Crippen molar-refractivity contribution in [2.24, 2.45) is 0 Å². The highest BCUT2D eigenvalue weighted by Gasteiger charge is 2.38. The van der Waals surface area contributed by atoms with Crippen LogP contribution in [0.1, 0.15) is 11.1 Å². The van der Waals surface area contributed by atoms with Gasteiger partial charge in [0.1, 0.15) is 5.82 Å². The molecule has 1 rings (SSSR count). The maximum Gasteiger partial charge on any atom is 0.414 e. The summed E-state index contributed by atoms with van der Waals surface area (Å²) in [5.41, 5.74) is 0.694. The summed E-state index contributed by atoms with van der Waals surface area (Å²) in [5.74, 6) is -0.607. The number of alkyl halides is 3. The van der Waals surface area contributed by atoms with Crippen molar-refractivity contribution in [3.05, 3.63) is 35.1 Å². The van der Waals surface area contributed by atoms with Crippen LogP contribution in [0, 0.1) is 12.7 Å². The molecule has 0 saturated carbocycles. The van der Waals surface area contributed by atoms with Crippen molar-refractivity contribution < 1.29 is 22.7 Å². The van der Waals surface area contributed by atoms with Crippen molar-refractivity contribution in [1.82, 2.24) is 0 Å². The van der Waals surface area contributed by atoms with Gasteiger partial charge in [-0.1, -0.05) is 6.07 Å². The molecule has 0 amide bonds. The Kier molecular flexibility index (Phi) is 3.34. The van der Waals surface area contributed by atoms with E-state index >= 15 is 0 Å². The van der Waals surface area contributed by atoms with Gasteiger partial charge in [0.25, 0.3) is 0 Å². The van der Waals surface area contributed by atoms with Gasteiger partial charge >= 0.3 is 6.18 Å². The number of rotatable bonds is 2. The first-order valence-electron chi connectivity index (χ1n) is 4.30. The second kappa shape index (κ2) is 4.18. The number of aliphatic hydroxyl groups is 1. The Morgan fingerprint density at radius 3 is 2.47 bits per heavy atom. The van der Waals surface area contributed by atoms with Gasteiger partial charge in [-0.05, 0) is 30.2 Å². The lowest BCUT2D eigenvalue weighted by Crippen LogP contribution is -2.30. The lowest BCUT2D eigenvalue weighted by atomic mass is 10.0. The van der Waals surface area contributed by atoms with E-state index in [1.807, 2.05) is 0 Å². The topological polar surface area (TPSA) is 20.2 Å². The van der Waals surface area contributed by atoms with E-state index in [9.17, 15) is 17.6 Å². The number of halogens is 4. The highest BCUT2D eigenvalue weighted by molar-refractivity contribution is 5.27. The third-order valence-corrected chi connectivity index (χ3v) is 2.10. The molecule has 0 radical (unpaired) electrons. The summed E-state index contributed by atoms with van der Waals surface area (Å²) in [6.45, 7) is 1.57. The van der Waals surface area contributed by atoms with Crippen LogP contribution in [0.4, 0.5) is 17.6 Å². The smallest absolute Gasteiger partial charge is 0.383 e. The monoisotopic (exact) mass is 222 g/mol. The largest absolute Gasteiger partial charge is 0.414 e. The van der Waals surface area contributed by atoms with E-state index in [0.717, 1.165) is 6.07 Å². The minimum atomic E-state index is -4.67. The van der Waals surface area contributed by atoms with Crippen molar-refractivity contribution in [1.29, 1.82) is 0 Å². The van der Waals surface area contributed by atoms with Crippen LogP contribution in [-0.2, 0) is 6.42 Å². The van der Waals surface area contributed by atoms with Gasteiger partial charge in [0, 0.05) is 6.42 Å². The molecule has 0 fully saturated rings. The molecular weight excluding hydrogens is 212 g/mol. The van der Waals surface area contributed by atoms with Crippen LogP contribution in [0.3, 0.4) is 0 Å². The van der Waals surface area contributed by atoms with Crippen LogP contribution < -0.4 is 0 Å². The quantitative estimate of drug-likeness (QED) is 0.762. The molecule has 0 unspecified atom stereocenters. The van der Waals surface area contributed by atoms with E-state index in [1.165, 1.54) is 12.1 Å². The van der Waals surface area contributed by atoms with E-state index in [1.54, 1.807) is 6.92 Å². The first-order chi connectivity index (χ1) is 6.80. The molecule has 1 N–H and O–H groups in total. The molecule has 1 aromatic rings. The first-order valence-corrected chi connectivity index (χ1v) is 4.30. The van der Waals surface area contributed by atoms with Gasteiger partial charge in [0.05, 0.1) is 0 Å². The summed E-state index contributed by atoms with van der Waals surface area (Å²) >= 11 is 0. The van der Waals surface area contributed by atoms with E-state index in [0.29, 0.717) is 5.56 Å². The van der Waals surface area contributed by atoms with Crippen LogP contribution >= 0.6 is 0 Å². The molecule has 0 spiro atoms. The molecular formula is C10H10F4O. The molecule has 15 heavy (non-hydrogen) atoms. The van der Waals surface area contributed by atoms with E-state index in [4.69, 9.17) is 5.11 Å². The Labute approximate surface area is 84.3 Å². The third-order valence-electron chi connectivity index (χ3n) is 2.10. The van der Waals surface area contributed by atoms with Crippen LogP contribution in [-0.4, -0.2) is 17.4 Å². The number of hydrogen-bond acceptors (Lipinski definition) is 1. The molecule has 0 bridgehead atoms. The predicted molar refractivity (Wildman–Crippen MR) is 46.9 cm³/mol. The summed E-state index contributed by atoms with van der Waals surface area (Å²) in [4.78, 5) is 0. The Bertz CT molecular complexity index is 346. The van der Waals surface area contributed by atoms with Crippen molar-refractivity contribution >= 4 is 0 Å². The van der Waals surface area contributed by atoms with Crippen molar-refractivity contribution in [2.75, 3.05) is 0 Å². The fraction of sp³-hybridized carbons (Fsp3) is 0.400. The molecule has 0 aliphatic heterocycles. The summed E-state index contributed by atoms with van der Waals surface area (Å²) < 4.78 is 48.8. The maximum atomic E-state index is 12.7. The minimum Gasteiger partial charge on any atom is -0.383 e. The zero-order valence-corrected chi connectivity index (χ0v) is 7.98. The first kappa shape index (κ1) is 12.0. The number of benzene rings is 1. The molecule has 1 aromatic carbocycles. The zero-order chi connectivity index (χ0) is 11.6. The molecule has 0 heterocycles. The van der Waals surface area contributed by atoms with Crippen LogP contribution in [0.25, 0.3) is 0 Å². The summed E-state index contributed by atoms with van der Waals surface area (Å²) in [6.07, 6.45) is -7.73. The zero-order valence-electron chi connectivity index (χ0n) is 7.98. The molecule has 0 aliphatic rings. The molecule has 1 nitrogen and oxygen atoms in total. The average molecular weight is 222 g/mol. The SMILES string of the molecule is Cc1ccc(F)cc1C[C@H](O)C(F)(F)F. The van der Waals surface area contributed by atoms with Crippen LogP contribution in [0.15, 0.2) is 18.2 Å². The summed E-state index contributed by atoms with van der Waals surface area (Å²) in [6, 6.07) is 3.55. The van der Waals surface area contributed by atoms with Crippen LogP contribution in [0.5, 0.6) is 0 Å². The maximum absolute atomic E-state index is 12.7. The lowest BCUT2D eigenvalue weighted by Gasteiger charge is -2.15. The van der Waals surface area contributed by atoms with Gasteiger partial charge in [-0.25, -0.2) is 4.39 Å². The second-order valence-electron chi connectivity index (χ2n) is 3.33. The standard InChI is InChI=1S/C10H10F4O/c1-6-2-3-8(11)4-7(6)5-9(15)10(12,13)14/h2-4,9,15H,5H2,1H3/t9-/m0/s1. The van der Waals surface area contributed by atoms with E-state index < -0.39 is 24.5 Å². The minimum absolute atomic E-state index is 0.167. The van der Waals surface area contributed by atoms with Gasteiger partial charge in [-0.3, -0.25) is 0 Å². The molecule has 0 aromatic heterocycles. The van der Waals surface area contributed by atoms with Gasteiger partial charge in [0.15, 0.2) is 6.10 Å². The Morgan fingerprint density at radius 1 is 1.33 bits per heavy atom. The molecule has 0 saturated heterocycles. The normalized spacial score (nSPS) is 14.0. The fourth-order valence-electron chi connectivity index (χ4n) is 1.18. The van der Waals surface area contributed by atoms with E-state index in [2.05, 4.69) is 0 Å². The van der Waals surface area contributed by atoms with Crippen LogP contribution in [0.2, 0.25) is 0 Å². The van der Waals surface area contributed by atoms with Gasteiger partial charge in [0.2, 0.25) is 0 Å². The summed E-state index contributed by atoms with van der Waals surface area (Å²) in [5, 5.41) is 8.81. The van der Waals surface area contributed by atoms with Crippen molar-refractivity contribution in [2.45, 2.75) is 25.6 Å². The highest BCUT2D eigenvalue weighted by Crippen LogP contribution is 2.24. The number of hydrogen-bond donors (Lipinski definition) is 1. The van der Waals surface area contributed by atoms with E-state index in [-0.39, 0.29) is 5.56 Å². The van der Waals surface area contributed by atoms with Crippen molar-refractivity contribution in [3.8, 4) is 0 Å². The predicted octanol–water partition coefficient (Wildman–Crippen LogP) is 2.60. The number of aryl methyl sites for hydroxylation is 1. The second-order valence-corrected chi connectivity index (χ2v) is 3.33. The average Bonchev–Trinajstić information content (AvgIpc) is 2.09. The highest BCUT2D eigenvalue weighted by atomic mass is 19.4. The molecule has 1 atom stereocenters. The summed E-state index contributed by atoms with van der Waals surface area (Å²) in [7, 11) is 0. The molecule has 84 valence electrons. The lowest BCUT2D eigenvalue weighted by molar-refractivity contribution is -0.203. The van der Waals surface area contributed by atoms with Gasteiger partial charge < -0.3 is 5.11 Å². The Hall–Kier alpha value is -1.10. The Balaban J connectivity index is 2.85. The van der Waals surface area contributed by atoms with Gasteiger partial charge in [-0.2, -0.15) is 13.2 Å². The third kappa shape index (κ3) is 3.20. The number of aliphatic hydroxyl groups excluding tert-OH is 1.